The number of rotatable bonds is 3. The lowest BCUT2D eigenvalue weighted by Crippen LogP contribution is -2.21. The molecule has 0 radical (unpaired) electrons. The maximum atomic E-state index is 13.5. The maximum absolute atomic E-state index is 13.5. The Balaban J connectivity index is 1.64. The van der Waals surface area contributed by atoms with E-state index < -0.39 is 17.7 Å². The Bertz CT molecular complexity index is 1330. The van der Waals surface area contributed by atoms with E-state index in [1.165, 1.54) is 12.4 Å². The molecule has 0 unspecified atom stereocenters. The van der Waals surface area contributed by atoms with Crippen molar-refractivity contribution in [2.45, 2.75) is 37.8 Å². The number of nitrogens with two attached hydrogens (primary N) is 1. The molecule has 3 aromatic heterocycles. The highest BCUT2D eigenvalue weighted by molar-refractivity contribution is 5.92. The number of alkyl halides is 3. The molecule has 8 nitrogen and oxygen atoms in total. The number of hydrogen-bond donors (Lipinski definition) is 3. The number of aromatic amines is 1. The molecule has 0 atom stereocenters. The number of fused-ring (bicyclic) bond motifs is 2. The lowest BCUT2D eigenvalue weighted by molar-refractivity contribution is -0.143. The minimum absolute atomic E-state index is 0.0323. The predicted molar refractivity (Wildman–Crippen MR) is 110 cm³/mol. The smallest absolute Gasteiger partial charge is 0.418 e. The zero-order valence-corrected chi connectivity index (χ0v) is 16.7. The van der Waals surface area contributed by atoms with Crippen molar-refractivity contribution in [2.75, 3.05) is 5.73 Å². The summed E-state index contributed by atoms with van der Waals surface area (Å²) in [4.78, 5) is 22.9. The van der Waals surface area contributed by atoms with Gasteiger partial charge in [-0.15, -0.1) is 0 Å². The molecule has 1 aliphatic rings. The highest BCUT2D eigenvalue weighted by Gasteiger charge is 2.34. The fourth-order valence-electron chi connectivity index (χ4n) is 4.55. The second-order valence-corrected chi connectivity index (χ2v) is 8.06. The zero-order valence-electron chi connectivity index (χ0n) is 16.7. The van der Waals surface area contributed by atoms with Gasteiger partial charge in [-0.3, -0.25) is 4.79 Å². The number of benzene rings is 1. The highest BCUT2D eigenvalue weighted by atomic mass is 19.4. The summed E-state index contributed by atoms with van der Waals surface area (Å²) in [6.45, 7) is 0. The van der Waals surface area contributed by atoms with Crippen molar-refractivity contribution in [1.82, 2.24) is 24.6 Å². The number of hydrogen-bond acceptors (Lipinski definition) is 5. The minimum Gasteiger partial charge on any atom is -0.481 e. The normalized spacial score (nSPS) is 19.6. The molecule has 1 aliphatic carbocycles. The summed E-state index contributed by atoms with van der Waals surface area (Å²) in [5, 5.41) is 13.9. The molecule has 11 heteroatoms. The number of halogens is 3. The molecule has 4 aromatic rings. The molecular weight excluding hydrogens is 425 g/mol. The summed E-state index contributed by atoms with van der Waals surface area (Å²) in [6, 6.07) is 5.58. The summed E-state index contributed by atoms with van der Waals surface area (Å²) in [7, 11) is 0. The van der Waals surface area contributed by atoms with Crippen LogP contribution in [0.3, 0.4) is 0 Å². The molecule has 0 spiro atoms. The summed E-state index contributed by atoms with van der Waals surface area (Å²) < 4.78 is 42.0. The van der Waals surface area contributed by atoms with Crippen LogP contribution in [0.15, 0.2) is 30.6 Å². The van der Waals surface area contributed by atoms with Crippen molar-refractivity contribution in [1.29, 1.82) is 0 Å². The van der Waals surface area contributed by atoms with Crippen molar-refractivity contribution in [3.05, 3.63) is 42.0 Å². The van der Waals surface area contributed by atoms with Crippen LogP contribution in [0.4, 0.5) is 19.0 Å². The van der Waals surface area contributed by atoms with Gasteiger partial charge in [0.2, 0.25) is 0 Å². The van der Waals surface area contributed by atoms with E-state index in [0.717, 1.165) is 6.07 Å². The Kier molecular flexibility index (Phi) is 4.57. The molecule has 0 aliphatic heterocycles. The monoisotopic (exact) mass is 444 g/mol. The van der Waals surface area contributed by atoms with Crippen molar-refractivity contribution in [3.63, 3.8) is 0 Å². The molecule has 4 N–H and O–H groups in total. The topological polar surface area (TPSA) is 122 Å². The number of para-hydroxylation sites is 1. The van der Waals surface area contributed by atoms with Gasteiger partial charge in [0.15, 0.2) is 5.82 Å². The maximum Gasteiger partial charge on any atom is 0.418 e. The van der Waals surface area contributed by atoms with Gasteiger partial charge in [0.25, 0.3) is 0 Å². The Morgan fingerprint density at radius 1 is 1.22 bits per heavy atom. The third kappa shape index (κ3) is 3.24. The van der Waals surface area contributed by atoms with Gasteiger partial charge < -0.3 is 15.8 Å². The van der Waals surface area contributed by atoms with Gasteiger partial charge in [0.05, 0.1) is 22.7 Å². The van der Waals surface area contributed by atoms with E-state index >= 15 is 0 Å². The Morgan fingerprint density at radius 2 is 1.97 bits per heavy atom. The van der Waals surface area contributed by atoms with Gasteiger partial charge in [0.1, 0.15) is 23.4 Å². The summed E-state index contributed by atoms with van der Waals surface area (Å²) in [5.41, 5.74) is 6.46. The van der Waals surface area contributed by atoms with E-state index in [2.05, 4.69) is 15.1 Å². The van der Waals surface area contributed by atoms with Crippen molar-refractivity contribution < 1.29 is 23.1 Å². The fraction of sp³-hybridized carbons (Fsp3) is 0.333. The summed E-state index contributed by atoms with van der Waals surface area (Å²) in [6.07, 6.45) is -0.936. The van der Waals surface area contributed by atoms with Gasteiger partial charge in [0, 0.05) is 11.3 Å². The van der Waals surface area contributed by atoms with E-state index in [4.69, 9.17) is 10.7 Å². The van der Waals surface area contributed by atoms with Gasteiger partial charge >= 0.3 is 12.1 Å². The molecule has 1 aromatic carbocycles. The highest BCUT2D eigenvalue weighted by Crippen LogP contribution is 2.40. The number of aliphatic carboxylic acids is 1. The molecule has 1 fully saturated rings. The number of nitrogens with one attached hydrogen (secondary N) is 1. The number of H-pyrrole nitrogens is 1. The Labute approximate surface area is 179 Å². The van der Waals surface area contributed by atoms with E-state index in [1.807, 2.05) is 0 Å². The minimum atomic E-state index is -4.51. The van der Waals surface area contributed by atoms with Crippen LogP contribution in [0.5, 0.6) is 0 Å². The van der Waals surface area contributed by atoms with E-state index in [-0.39, 0.29) is 23.2 Å². The average Bonchev–Trinajstić information content (AvgIpc) is 3.35. The zero-order chi connectivity index (χ0) is 22.6. The quantitative estimate of drug-likeness (QED) is 0.435. The van der Waals surface area contributed by atoms with Crippen LogP contribution in [0, 0.1) is 5.92 Å². The van der Waals surface area contributed by atoms with Crippen molar-refractivity contribution in [3.8, 4) is 11.4 Å². The van der Waals surface area contributed by atoms with Gasteiger partial charge in [-0.05, 0) is 37.8 Å². The fourth-order valence-corrected chi connectivity index (χ4v) is 4.55. The standard InChI is InChI=1S/C21H19F3N6O2/c22-21(23,24)13-3-1-2-12-8-14(28-15(12)13)16-17-18(25)26-9-27-30(17)19(29-16)10-4-6-11(7-5-10)20(31)32/h1-3,8-11,28H,4-7H2,(H,31,32)(H2,25,26,27). The van der Waals surface area contributed by atoms with E-state index in [0.29, 0.717) is 53.8 Å². The predicted octanol–water partition coefficient (Wildman–Crippen LogP) is 4.23. The molecule has 5 rings (SSSR count). The van der Waals surface area contributed by atoms with Crippen LogP contribution in [0.25, 0.3) is 27.8 Å². The van der Waals surface area contributed by atoms with Crippen molar-refractivity contribution >= 4 is 28.2 Å². The number of nitrogens with zero attached hydrogens (tertiary/aromatic N) is 4. The molecule has 166 valence electrons. The third-order valence-corrected chi connectivity index (χ3v) is 6.14. The molecule has 3 heterocycles. The first-order chi connectivity index (χ1) is 15.2. The number of anilines is 1. The number of aromatic nitrogens is 5. The number of carboxylic acids is 1. The molecule has 32 heavy (non-hydrogen) atoms. The van der Waals surface area contributed by atoms with Gasteiger partial charge in [-0.2, -0.15) is 18.3 Å². The SMILES string of the molecule is Nc1ncnn2c(C3CCC(C(=O)O)CC3)nc(-c3cc4cccc(C(F)(F)F)c4[nH]3)c12. The second kappa shape index (κ2) is 7.21. The van der Waals surface area contributed by atoms with Crippen LogP contribution in [0.2, 0.25) is 0 Å². The Morgan fingerprint density at radius 3 is 2.66 bits per heavy atom. The first kappa shape index (κ1) is 20.3. The van der Waals surface area contributed by atoms with Gasteiger partial charge in [-0.25, -0.2) is 14.5 Å². The molecule has 1 saturated carbocycles. The average molecular weight is 444 g/mol. The van der Waals surface area contributed by atoms with Crippen LogP contribution in [-0.4, -0.2) is 35.6 Å². The van der Waals surface area contributed by atoms with E-state index in [9.17, 15) is 23.1 Å². The number of imidazole rings is 1. The molecule has 0 bridgehead atoms. The number of carboxylic acid groups (broad SMARTS) is 1. The first-order valence-electron chi connectivity index (χ1n) is 10.1. The van der Waals surface area contributed by atoms with Crippen LogP contribution in [0.1, 0.15) is 43.0 Å². The Hall–Kier alpha value is -3.63. The molecule has 0 amide bonds. The largest absolute Gasteiger partial charge is 0.481 e. The lowest BCUT2D eigenvalue weighted by Gasteiger charge is -2.24. The number of nitrogen functional groups attached to an aromatic ring is 1. The molecule has 0 saturated heterocycles. The van der Waals surface area contributed by atoms with Gasteiger partial charge in [-0.1, -0.05) is 12.1 Å². The summed E-state index contributed by atoms with van der Waals surface area (Å²) >= 11 is 0. The lowest BCUT2D eigenvalue weighted by atomic mass is 9.82. The first-order valence-corrected chi connectivity index (χ1v) is 10.1. The van der Waals surface area contributed by atoms with Crippen molar-refractivity contribution in [2.24, 2.45) is 5.92 Å². The van der Waals surface area contributed by atoms with E-state index in [1.54, 1.807) is 16.6 Å². The van der Waals surface area contributed by atoms with Crippen LogP contribution >= 0.6 is 0 Å². The molecular formula is C21H19F3N6O2. The third-order valence-electron chi connectivity index (χ3n) is 6.14. The second-order valence-electron chi connectivity index (χ2n) is 8.06. The number of carbonyl (C=O) groups is 1. The van der Waals surface area contributed by atoms with Crippen LogP contribution in [-0.2, 0) is 11.0 Å². The summed E-state index contributed by atoms with van der Waals surface area (Å²) in [5.74, 6) is -0.477. The van der Waals surface area contributed by atoms with Crippen LogP contribution < -0.4 is 5.73 Å².